The molecule has 0 spiro atoms. The minimum atomic E-state index is -0.942. The summed E-state index contributed by atoms with van der Waals surface area (Å²) in [7, 11) is 0. The van der Waals surface area contributed by atoms with Gasteiger partial charge < -0.3 is 10.4 Å². The first-order chi connectivity index (χ1) is 10.1. The minimum absolute atomic E-state index is 0.295. The molecule has 2 N–H and O–H groups in total. The lowest BCUT2D eigenvalue weighted by atomic mass is 10.0. The van der Waals surface area contributed by atoms with E-state index in [0.29, 0.717) is 35.7 Å². The van der Waals surface area contributed by atoms with E-state index < -0.39 is 5.97 Å². The first-order valence-corrected chi connectivity index (χ1v) is 6.92. The molecule has 21 heavy (non-hydrogen) atoms. The highest BCUT2D eigenvalue weighted by Crippen LogP contribution is 2.18. The SMILES string of the molecule is O=C(O)c1ccccc1CCNCc1c(F)cccc1Cl. The van der Waals surface area contributed by atoms with E-state index in [1.807, 2.05) is 0 Å². The Hall–Kier alpha value is -1.91. The van der Waals surface area contributed by atoms with Crippen LogP contribution in [0.2, 0.25) is 5.02 Å². The van der Waals surface area contributed by atoms with E-state index in [1.54, 1.807) is 36.4 Å². The first kappa shape index (κ1) is 15.5. The van der Waals surface area contributed by atoms with Crippen molar-refractivity contribution in [2.45, 2.75) is 13.0 Å². The summed E-state index contributed by atoms with van der Waals surface area (Å²) < 4.78 is 13.6. The van der Waals surface area contributed by atoms with Gasteiger partial charge in [0.1, 0.15) is 5.82 Å². The Bertz CT molecular complexity index is 626. The number of carboxylic acids is 1. The molecule has 0 unspecified atom stereocenters. The number of carbonyl (C=O) groups is 1. The number of rotatable bonds is 6. The summed E-state index contributed by atoms with van der Waals surface area (Å²) in [4.78, 5) is 11.1. The lowest BCUT2D eigenvalue weighted by Crippen LogP contribution is -2.18. The van der Waals surface area contributed by atoms with Gasteiger partial charge in [-0.05, 0) is 36.7 Å². The maximum atomic E-state index is 13.6. The van der Waals surface area contributed by atoms with Crippen LogP contribution in [0.5, 0.6) is 0 Å². The fourth-order valence-corrected chi connectivity index (χ4v) is 2.31. The van der Waals surface area contributed by atoms with E-state index in [-0.39, 0.29) is 5.82 Å². The number of hydrogen-bond acceptors (Lipinski definition) is 2. The summed E-state index contributed by atoms with van der Waals surface area (Å²) in [5.41, 5.74) is 1.46. The molecule has 0 aliphatic rings. The normalized spacial score (nSPS) is 10.6. The van der Waals surface area contributed by atoms with Crippen molar-refractivity contribution in [2.24, 2.45) is 0 Å². The highest BCUT2D eigenvalue weighted by atomic mass is 35.5. The molecule has 110 valence electrons. The van der Waals surface area contributed by atoms with Crippen molar-refractivity contribution in [3.63, 3.8) is 0 Å². The van der Waals surface area contributed by atoms with Crippen LogP contribution in [-0.2, 0) is 13.0 Å². The van der Waals surface area contributed by atoms with E-state index in [0.717, 1.165) is 5.56 Å². The number of nitrogens with one attached hydrogen (secondary N) is 1. The largest absolute Gasteiger partial charge is 0.478 e. The van der Waals surface area contributed by atoms with E-state index >= 15 is 0 Å². The Kier molecular flexibility index (Phi) is 5.31. The lowest BCUT2D eigenvalue weighted by Gasteiger charge is -2.09. The fraction of sp³-hybridized carbons (Fsp3) is 0.188. The second-order valence-corrected chi connectivity index (χ2v) is 5.00. The second kappa shape index (κ2) is 7.20. The predicted octanol–water partition coefficient (Wildman–Crippen LogP) is 3.51. The maximum Gasteiger partial charge on any atom is 0.335 e. The molecular formula is C16H15ClFNO2. The van der Waals surface area contributed by atoms with E-state index in [1.165, 1.54) is 6.07 Å². The van der Waals surface area contributed by atoms with Gasteiger partial charge in [-0.2, -0.15) is 0 Å². The average Bonchev–Trinajstić information content (AvgIpc) is 2.46. The third-order valence-electron chi connectivity index (χ3n) is 3.18. The van der Waals surface area contributed by atoms with Crippen LogP contribution >= 0.6 is 11.6 Å². The van der Waals surface area contributed by atoms with Gasteiger partial charge in [-0.25, -0.2) is 9.18 Å². The molecule has 0 fully saturated rings. The van der Waals surface area contributed by atoms with Gasteiger partial charge in [-0.15, -0.1) is 0 Å². The first-order valence-electron chi connectivity index (χ1n) is 6.54. The third kappa shape index (κ3) is 4.03. The third-order valence-corrected chi connectivity index (χ3v) is 3.54. The average molecular weight is 308 g/mol. The lowest BCUT2D eigenvalue weighted by molar-refractivity contribution is 0.0695. The molecule has 0 saturated heterocycles. The predicted molar refractivity (Wildman–Crippen MR) is 80.2 cm³/mol. The highest BCUT2D eigenvalue weighted by Gasteiger charge is 2.09. The summed E-state index contributed by atoms with van der Waals surface area (Å²) in [5, 5.41) is 12.5. The van der Waals surface area contributed by atoms with Crippen LogP contribution in [-0.4, -0.2) is 17.6 Å². The molecule has 0 aliphatic heterocycles. The van der Waals surface area contributed by atoms with Gasteiger partial charge in [0.25, 0.3) is 0 Å². The molecule has 0 bridgehead atoms. The van der Waals surface area contributed by atoms with Crippen LogP contribution in [0.1, 0.15) is 21.5 Å². The molecule has 0 aromatic heterocycles. The van der Waals surface area contributed by atoms with E-state index in [9.17, 15) is 9.18 Å². The Morgan fingerprint density at radius 1 is 1.19 bits per heavy atom. The molecule has 2 aromatic rings. The van der Waals surface area contributed by atoms with E-state index in [2.05, 4.69) is 5.32 Å². The Morgan fingerprint density at radius 3 is 2.67 bits per heavy atom. The van der Waals surface area contributed by atoms with Crippen LogP contribution in [0.4, 0.5) is 4.39 Å². The zero-order valence-corrected chi connectivity index (χ0v) is 12.0. The number of halogens is 2. The van der Waals surface area contributed by atoms with Crippen molar-refractivity contribution >= 4 is 17.6 Å². The summed E-state index contributed by atoms with van der Waals surface area (Å²) in [6.07, 6.45) is 0.550. The van der Waals surface area contributed by atoms with Crippen molar-refractivity contribution in [3.8, 4) is 0 Å². The van der Waals surface area contributed by atoms with Crippen molar-refractivity contribution in [1.82, 2.24) is 5.32 Å². The molecule has 0 saturated carbocycles. The minimum Gasteiger partial charge on any atom is -0.478 e. The van der Waals surface area contributed by atoms with Gasteiger partial charge >= 0.3 is 5.97 Å². The summed E-state index contributed by atoms with van der Waals surface area (Å²) in [6.45, 7) is 0.843. The van der Waals surface area contributed by atoms with E-state index in [4.69, 9.17) is 16.7 Å². The molecule has 0 heterocycles. The Labute approximate surface area is 127 Å². The van der Waals surface area contributed by atoms with Gasteiger partial charge in [0.2, 0.25) is 0 Å². The van der Waals surface area contributed by atoms with Crippen LogP contribution in [0.15, 0.2) is 42.5 Å². The number of carboxylic acid groups (broad SMARTS) is 1. The zero-order chi connectivity index (χ0) is 15.2. The Balaban J connectivity index is 1.92. The standard InChI is InChI=1S/C16H15ClFNO2/c17-14-6-3-7-15(18)13(14)10-19-9-8-11-4-1-2-5-12(11)16(20)21/h1-7,19H,8-10H2,(H,20,21). The maximum absolute atomic E-state index is 13.6. The molecule has 3 nitrogen and oxygen atoms in total. The molecule has 2 aromatic carbocycles. The van der Waals surface area contributed by atoms with Gasteiger partial charge in [-0.3, -0.25) is 0 Å². The van der Waals surface area contributed by atoms with Crippen LogP contribution in [0, 0.1) is 5.82 Å². The van der Waals surface area contributed by atoms with Crippen molar-refractivity contribution in [3.05, 3.63) is 70.0 Å². The van der Waals surface area contributed by atoms with Gasteiger partial charge in [0.15, 0.2) is 0 Å². The van der Waals surface area contributed by atoms with Gasteiger partial charge in [-0.1, -0.05) is 35.9 Å². The summed E-state index contributed by atoms with van der Waals surface area (Å²) in [5.74, 6) is -1.29. The summed E-state index contributed by atoms with van der Waals surface area (Å²) in [6, 6.07) is 11.4. The molecule has 5 heteroatoms. The molecule has 0 radical (unpaired) electrons. The summed E-state index contributed by atoms with van der Waals surface area (Å²) >= 11 is 5.93. The quantitative estimate of drug-likeness (QED) is 0.803. The Morgan fingerprint density at radius 2 is 1.95 bits per heavy atom. The molecular weight excluding hydrogens is 293 g/mol. The number of aromatic carboxylic acids is 1. The molecule has 0 aliphatic carbocycles. The zero-order valence-electron chi connectivity index (χ0n) is 11.3. The van der Waals surface area contributed by atoms with Crippen LogP contribution < -0.4 is 5.32 Å². The smallest absolute Gasteiger partial charge is 0.335 e. The van der Waals surface area contributed by atoms with Crippen LogP contribution in [0.3, 0.4) is 0 Å². The van der Waals surface area contributed by atoms with Crippen LogP contribution in [0.25, 0.3) is 0 Å². The van der Waals surface area contributed by atoms with Crippen molar-refractivity contribution in [1.29, 1.82) is 0 Å². The van der Waals surface area contributed by atoms with Crippen molar-refractivity contribution < 1.29 is 14.3 Å². The van der Waals surface area contributed by atoms with Gasteiger partial charge in [0, 0.05) is 17.1 Å². The van der Waals surface area contributed by atoms with Crippen molar-refractivity contribution in [2.75, 3.05) is 6.54 Å². The monoisotopic (exact) mass is 307 g/mol. The fourth-order valence-electron chi connectivity index (χ4n) is 2.08. The topological polar surface area (TPSA) is 49.3 Å². The molecule has 0 atom stereocenters. The molecule has 2 rings (SSSR count). The van der Waals surface area contributed by atoms with Gasteiger partial charge in [0.05, 0.1) is 5.56 Å². The second-order valence-electron chi connectivity index (χ2n) is 4.59. The highest BCUT2D eigenvalue weighted by molar-refractivity contribution is 6.31. The number of benzene rings is 2. The molecule has 0 amide bonds. The number of hydrogen-bond donors (Lipinski definition) is 2.